The number of hydrogen-bond acceptors (Lipinski definition) is 5. The lowest BCUT2D eigenvalue weighted by molar-refractivity contribution is -0.00743. The summed E-state index contributed by atoms with van der Waals surface area (Å²) in [5.74, 6) is 0. The Labute approximate surface area is 140 Å². The minimum absolute atomic E-state index is 0.0477. The zero-order valence-corrected chi connectivity index (χ0v) is 14.5. The first-order valence-electron chi connectivity index (χ1n) is 8.30. The van der Waals surface area contributed by atoms with Crippen molar-refractivity contribution in [3.8, 4) is 0 Å². The number of benzene rings is 1. The van der Waals surface area contributed by atoms with Gasteiger partial charge in [0.05, 0.1) is 59.5 Å². The Balaban J connectivity index is 0.00000149. The maximum Gasteiger partial charge on any atom is 0.0718 e. The highest BCUT2D eigenvalue weighted by atomic mass is 16.6. The number of aliphatic hydroxyl groups is 1. The van der Waals surface area contributed by atoms with Crippen molar-refractivity contribution in [2.45, 2.75) is 26.9 Å². The van der Waals surface area contributed by atoms with E-state index in [9.17, 15) is 0 Å². The normalized spacial score (nSPS) is 10.2. The highest BCUT2D eigenvalue weighted by Crippen LogP contribution is 1.99. The van der Waals surface area contributed by atoms with Gasteiger partial charge in [-0.2, -0.15) is 0 Å². The maximum atomic E-state index is 8.48. The van der Waals surface area contributed by atoms with E-state index in [-0.39, 0.29) is 6.61 Å². The first-order chi connectivity index (χ1) is 11.3. The van der Waals surface area contributed by atoms with Gasteiger partial charge in [-0.3, -0.25) is 0 Å². The Morgan fingerprint density at radius 1 is 0.696 bits per heavy atom. The lowest BCUT2D eigenvalue weighted by Gasteiger charge is -2.07. The Hall–Kier alpha value is -0.980. The summed E-state index contributed by atoms with van der Waals surface area (Å²) in [6.07, 6.45) is 1.25. The van der Waals surface area contributed by atoms with E-state index in [0.717, 1.165) is 0 Å². The van der Waals surface area contributed by atoms with Crippen LogP contribution < -0.4 is 0 Å². The van der Waals surface area contributed by atoms with E-state index < -0.39 is 0 Å². The molecule has 0 bridgehead atoms. The van der Waals surface area contributed by atoms with E-state index in [1.54, 1.807) is 0 Å². The molecule has 134 valence electrons. The zero-order chi connectivity index (χ0) is 17.0. The van der Waals surface area contributed by atoms with Gasteiger partial charge in [-0.1, -0.05) is 50.6 Å². The van der Waals surface area contributed by atoms with Gasteiger partial charge in [-0.15, -0.1) is 0 Å². The third kappa shape index (κ3) is 17.2. The molecule has 0 aliphatic carbocycles. The summed E-state index contributed by atoms with van der Waals surface area (Å²) in [7, 11) is 0. The Kier molecular flexibility index (Phi) is 18.3. The topological polar surface area (TPSA) is 57.2 Å². The SMILES string of the molecule is CCC.OCCOCCOCCOCCOCc1ccccc1. The van der Waals surface area contributed by atoms with Gasteiger partial charge < -0.3 is 24.1 Å². The molecule has 0 saturated carbocycles. The average molecular weight is 328 g/mol. The predicted octanol–water partition coefficient (Wildman–Crippen LogP) is 2.66. The second-order valence-corrected chi connectivity index (χ2v) is 4.81. The van der Waals surface area contributed by atoms with Crippen molar-refractivity contribution in [3.63, 3.8) is 0 Å². The minimum atomic E-state index is 0.0477. The molecule has 0 radical (unpaired) electrons. The fraction of sp³-hybridized carbons (Fsp3) is 0.667. The van der Waals surface area contributed by atoms with Gasteiger partial charge in [0.15, 0.2) is 0 Å². The lowest BCUT2D eigenvalue weighted by atomic mass is 10.2. The average Bonchev–Trinajstić information content (AvgIpc) is 2.57. The van der Waals surface area contributed by atoms with Crippen molar-refractivity contribution in [3.05, 3.63) is 35.9 Å². The molecule has 0 aliphatic rings. The van der Waals surface area contributed by atoms with Gasteiger partial charge in [-0.05, 0) is 5.56 Å². The Morgan fingerprint density at radius 3 is 1.61 bits per heavy atom. The third-order valence-corrected chi connectivity index (χ3v) is 2.46. The molecule has 0 spiro atoms. The van der Waals surface area contributed by atoms with Crippen molar-refractivity contribution < 1.29 is 24.1 Å². The standard InChI is InChI=1S/C15H24O5.C3H8/c16-6-7-17-8-9-18-10-11-19-12-13-20-14-15-4-2-1-3-5-15;1-3-2/h1-5,16H,6-14H2;3H2,1-2H3. The maximum absolute atomic E-state index is 8.48. The molecule has 0 saturated heterocycles. The molecule has 1 N–H and O–H groups in total. The number of hydrogen-bond donors (Lipinski definition) is 1. The molecule has 0 unspecified atom stereocenters. The van der Waals surface area contributed by atoms with Crippen LogP contribution in [0, 0.1) is 0 Å². The van der Waals surface area contributed by atoms with Crippen LogP contribution in [0.4, 0.5) is 0 Å². The van der Waals surface area contributed by atoms with Crippen molar-refractivity contribution in [2.24, 2.45) is 0 Å². The van der Waals surface area contributed by atoms with E-state index in [2.05, 4.69) is 13.8 Å². The Morgan fingerprint density at radius 2 is 1.13 bits per heavy atom. The molecule has 0 heterocycles. The Bertz CT molecular complexity index is 318. The first kappa shape index (κ1) is 22.0. The minimum Gasteiger partial charge on any atom is -0.394 e. The molecule has 0 amide bonds. The van der Waals surface area contributed by atoms with Crippen LogP contribution in [-0.2, 0) is 25.6 Å². The molecule has 0 aliphatic heterocycles. The van der Waals surface area contributed by atoms with E-state index in [1.165, 1.54) is 12.0 Å². The number of aliphatic hydroxyl groups excluding tert-OH is 1. The summed E-state index contributed by atoms with van der Waals surface area (Å²) in [5.41, 5.74) is 1.17. The molecular formula is C18H32O5. The van der Waals surface area contributed by atoms with Crippen molar-refractivity contribution in [1.29, 1.82) is 0 Å². The van der Waals surface area contributed by atoms with Crippen molar-refractivity contribution in [1.82, 2.24) is 0 Å². The predicted molar refractivity (Wildman–Crippen MR) is 91.6 cm³/mol. The molecule has 1 aromatic rings. The lowest BCUT2D eigenvalue weighted by Crippen LogP contribution is -2.12. The zero-order valence-electron chi connectivity index (χ0n) is 14.5. The highest BCUT2D eigenvalue weighted by Gasteiger charge is 1.93. The first-order valence-corrected chi connectivity index (χ1v) is 8.30. The molecule has 0 atom stereocenters. The molecular weight excluding hydrogens is 296 g/mol. The quantitative estimate of drug-likeness (QED) is 0.564. The van der Waals surface area contributed by atoms with Crippen molar-refractivity contribution in [2.75, 3.05) is 52.9 Å². The molecule has 5 nitrogen and oxygen atoms in total. The summed E-state index contributed by atoms with van der Waals surface area (Å²) in [6.45, 7) is 8.53. The molecule has 0 aromatic heterocycles. The fourth-order valence-electron chi connectivity index (χ4n) is 1.49. The van der Waals surface area contributed by atoms with Crippen LogP contribution in [0.3, 0.4) is 0 Å². The van der Waals surface area contributed by atoms with Gasteiger partial charge in [0.2, 0.25) is 0 Å². The van der Waals surface area contributed by atoms with Gasteiger partial charge in [-0.25, -0.2) is 0 Å². The second kappa shape index (κ2) is 19.1. The molecule has 1 rings (SSSR count). The third-order valence-electron chi connectivity index (χ3n) is 2.46. The largest absolute Gasteiger partial charge is 0.394 e. The van der Waals surface area contributed by atoms with Gasteiger partial charge >= 0.3 is 0 Å². The van der Waals surface area contributed by atoms with Crippen LogP contribution in [0.2, 0.25) is 0 Å². The molecule has 5 heteroatoms. The molecule has 0 fully saturated rings. The van der Waals surface area contributed by atoms with Crippen LogP contribution in [0.5, 0.6) is 0 Å². The smallest absolute Gasteiger partial charge is 0.0718 e. The second-order valence-electron chi connectivity index (χ2n) is 4.81. The van der Waals surface area contributed by atoms with Gasteiger partial charge in [0, 0.05) is 0 Å². The highest BCUT2D eigenvalue weighted by molar-refractivity contribution is 5.13. The summed E-state index contributed by atoms with van der Waals surface area (Å²) >= 11 is 0. The van der Waals surface area contributed by atoms with Gasteiger partial charge in [0.1, 0.15) is 0 Å². The van der Waals surface area contributed by atoms with E-state index in [4.69, 9.17) is 24.1 Å². The summed E-state index contributed by atoms with van der Waals surface area (Å²) in [6, 6.07) is 10.1. The van der Waals surface area contributed by atoms with Crippen LogP contribution in [0.15, 0.2) is 30.3 Å². The summed E-state index contributed by atoms with van der Waals surface area (Å²) < 4.78 is 21.2. The van der Waals surface area contributed by atoms with Crippen LogP contribution >= 0.6 is 0 Å². The van der Waals surface area contributed by atoms with E-state index in [0.29, 0.717) is 52.9 Å². The number of ether oxygens (including phenoxy) is 4. The van der Waals surface area contributed by atoms with Crippen LogP contribution in [-0.4, -0.2) is 58.0 Å². The monoisotopic (exact) mass is 328 g/mol. The molecule has 1 aromatic carbocycles. The van der Waals surface area contributed by atoms with Gasteiger partial charge in [0.25, 0.3) is 0 Å². The van der Waals surface area contributed by atoms with Crippen LogP contribution in [0.25, 0.3) is 0 Å². The van der Waals surface area contributed by atoms with Crippen LogP contribution in [0.1, 0.15) is 25.8 Å². The number of rotatable bonds is 13. The van der Waals surface area contributed by atoms with E-state index in [1.807, 2.05) is 30.3 Å². The van der Waals surface area contributed by atoms with Crippen molar-refractivity contribution >= 4 is 0 Å². The van der Waals surface area contributed by atoms with E-state index >= 15 is 0 Å². The summed E-state index contributed by atoms with van der Waals surface area (Å²) in [5, 5.41) is 8.48. The summed E-state index contributed by atoms with van der Waals surface area (Å²) in [4.78, 5) is 0. The fourth-order valence-corrected chi connectivity index (χ4v) is 1.49. The molecule has 23 heavy (non-hydrogen) atoms.